The number of pyridine rings is 1. The molecule has 5 nitrogen and oxygen atoms in total. The van der Waals surface area contributed by atoms with Gasteiger partial charge in [0.2, 0.25) is 5.91 Å². The van der Waals surface area contributed by atoms with Crippen LogP contribution in [0.25, 0.3) is 0 Å². The molecule has 0 bridgehead atoms. The molecule has 2 heterocycles. The van der Waals surface area contributed by atoms with Crippen LogP contribution in [0.5, 0.6) is 0 Å². The Morgan fingerprint density at radius 1 is 1.18 bits per heavy atom. The quantitative estimate of drug-likeness (QED) is 0.736. The van der Waals surface area contributed by atoms with E-state index in [0.717, 1.165) is 24.1 Å². The first-order chi connectivity index (χ1) is 13.1. The van der Waals surface area contributed by atoms with Gasteiger partial charge in [0.25, 0.3) is 12.3 Å². The molecule has 0 spiro atoms. The van der Waals surface area contributed by atoms with Crippen molar-refractivity contribution < 1.29 is 22.8 Å². The van der Waals surface area contributed by atoms with Crippen molar-refractivity contribution in [2.24, 2.45) is 0 Å². The highest BCUT2D eigenvalue weighted by molar-refractivity contribution is 6.30. The minimum absolute atomic E-state index is 0.0296. The molecule has 2 amide bonds. The van der Waals surface area contributed by atoms with Crippen molar-refractivity contribution >= 4 is 40.8 Å². The Balaban J connectivity index is 2.00. The first kappa shape index (κ1) is 20.4. The Kier molecular flexibility index (Phi) is 5.54. The smallest absolute Gasteiger partial charge is 0.270 e. The summed E-state index contributed by atoms with van der Waals surface area (Å²) in [5.41, 5.74) is -1.98. The van der Waals surface area contributed by atoms with Crippen LogP contribution in [0, 0.1) is 5.82 Å². The standard InChI is InChI=1S/C18H14Cl2F3N3O2/c1-18(16(22)23)17(28)25(15-13(21)6-12(20)7-24-15)9-14(27)26(18)8-10-2-4-11(19)5-3-10/h2-7,16H,8-9H2,1H3/t18-/m0/s1. The summed E-state index contributed by atoms with van der Waals surface area (Å²) in [5, 5.41) is 0.412. The number of alkyl halides is 2. The average Bonchev–Trinajstić information content (AvgIpc) is 2.63. The van der Waals surface area contributed by atoms with Crippen LogP contribution in [-0.4, -0.2) is 40.2 Å². The van der Waals surface area contributed by atoms with E-state index >= 15 is 0 Å². The highest BCUT2D eigenvalue weighted by Crippen LogP contribution is 2.34. The van der Waals surface area contributed by atoms with Crippen LogP contribution in [0.3, 0.4) is 0 Å². The lowest BCUT2D eigenvalue weighted by Crippen LogP contribution is -2.70. The summed E-state index contributed by atoms with van der Waals surface area (Å²) in [5.74, 6) is -3.42. The molecule has 0 radical (unpaired) electrons. The number of nitrogens with zero attached hydrogens (tertiary/aromatic N) is 3. The van der Waals surface area contributed by atoms with Gasteiger partial charge < -0.3 is 4.90 Å². The number of benzene rings is 1. The second-order valence-corrected chi connectivity index (χ2v) is 7.28. The summed E-state index contributed by atoms with van der Waals surface area (Å²) in [6, 6.07) is 7.12. The van der Waals surface area contributed by atoms with E-state index in [-0.39, 0.29) is 11.6 Å². The van der Waals surface area contributed by atoms with E-state index in [1.165, 1.54) is 0 Å². The highest BCUT2D eigenvalue weighted by atomic mass is 35.5. The summed E-state index contributed by atoms with van der Waals surface area (Å²) in [6.45, 7) is 0.0983. The molecule has 0 unspecified atom stereocenters. The molecule has 0 N–H and O–H groups in total. The molecule has 1 aliphatic heterocycles. The van der Waals surface area contributed by atoms with E-state index in [4.69, 9.17) is 23.2 Å². The fourth-order valence-electron chi connectivity index (χ4n) is 2.95. The van der Waals surface area contributed by atoms with E-state index in [1.807, 2.05) is 0 Å². The Hall–Kier alpha value is -2.32. The largest absolute Gasteiger partial charge is 0.317 e. The number of halogens is 5. The van der Waals surface area contributed by atoms with Gasteiger partial charge in [-0.1, -0.05) is 35.3 Å². The van der Waals surface area contributed by atoms with Gasteiger partial charge in [-0.2, -0.15) is 0 Å². The van der Waals surface area contributed by atoms with E-state index in [2.05, 4.69) is 4.98 Å². The first-order valence-electron chi connectivity index (χ1n) is 8.10. The second-order valence-electron chi connectivity index (χ2n) is 6.40. The van der Waals surface area contributed by atoms with Gasteiger partial charge >= 0.3 is 0 Å². The number of aromatic nitrogens is 1. The van der Waals surface area contributed by atoms with Crippen LogP contribution in [-0.2, 0) is 16.1 Å². The van der Waals surface area contributed by atoms with Crippen LogP contribution in [0.1, 0.15) is 12.5 Å². The van der Waals surface area contributed by atoms with Crippen LogP contribution >= 0.6 is 23.2 Å². The molecule has 10 heteroatoms. The van der Waals surface area contributed by atoms with Crippen LogP contribution in [0.15, 0.2) is 36.5 Å². The van der Waals surface area contributed by atoms with Gasteiger partial charge in [0.05, 0.1) is 5.02 Å². The number of rotatable bonds is 4. The van der Waals surface area contributed by atoms with Gasteiger partial charge in [-0.05, 0) is 30.7 Å². The lowest BCUT2D eigenvalue weighted by atomic mass is 9.94. The molecule has 1 saturated heterocycles. The van der Waals surface area contributed by atoms with E-state index in [9.17, 15) is 22.8 Å². The topological polar surface area (TPSA) is 53.5 Å². The molecule has 1 aromatic carbocycles. The normalized spacial score (nSPS) is 20.2. The number of amides is 2. The lowest BCUT2D eigenvalue weighted by Gasteiger charge is -2.46. The number of carbonyl (C=O) groups excluding carboxylic acids is 2. The van der Waals surface area contributed by atoms with Crippen molar-refractivity contribution in [2.75, 3.05) is 11.4 Å². The minimum atomic E-state index is -3.21. The summed E-state index contributed by atoms with van der Waals surface area (Å²) < 4.78 is 42.2. The molecule has 28 heavy (non-hydrogen) atoms. The number of anilines is 1. The summed E-state index contributed by atoms with van der Waals surface area (Å²) in [4.78, 5) is 30.7. The van der Waals surface area contributed by atoms with Crippen molar-refractivity contribution in [2.45, 2.75) is 25.4 Å². The lowest BCUT2D eigenvalue weighted by molar-refractivity contribution is -0.161. The van der Waals surface area contributed by atoms with Gasteiger partial charge in [0.1, 0.15) is 6.54 Å². The van der Waals surface area contributed by atoms with Crippen molar-refractivity contribution in [1.29, 1.82) is 0 Å². The Labute approximate surface area is 168 Å². The Bertz CT molecular complexity index is 927. The van der Waals surface area contributed by atoms with Crippen molar-refractivity contribution in [3.05, 3.63) is 58.0 Å². The van der Waals surface area contributed by atoms with Crippen molar-refractivity contribution in [3.8, 4) is 0 Å². The van der Waals surface area contributed by atoms with E-state index in [1.54, 1.807) is 24.3 Å². The second kappa shape index (κ2) is 7.60. The van der Waals surface area contributed by atoms with Gasteiger partial charge in [-0.25, -0.2) is 18.2 Å². The van der Waals surface area contributed by atoms with Crippen LogP contribution in [0.4, 0.5) is 19.0 Å². The number of hydrogen-bond acceptors (Lipinski definition) is 3. The number of carbonyl (C=O) groups is 2. The average molecular weight is 432 g/mol. The molecule has 1 aliphatic rings. The van der Waals surface area contributed by atoms with Gasteiger partial charge in [-0.3, -0.25) is 14.5 Å². The maximum Gasteiger partial charge on any atom is 0.270 e. The van der Waals surface area contributed by atoms with Crippen LogP contribution in [0.2, 0.25) is 10.0 Å². The van der Waals surface area contributed by atoms with Crippen molar-refractivity contribution in [1.82, 2.24) is 9.88 Å². The fourth-order valence-corrected chi connectivity index (χ4v) is 3.22. The third kappa shape index (κ3) is 3.54. The predicted octanol–water partition coefficient (Wildman–Crippen LogP) is 3.93. The predicted molar refractivity (Wildman–Crippen MR) is 98.0 cm³/mol. The molecular formula is C18H14Cl2F3N3O2. The van der Waals surface area contributed by atoms with Gasteiger partial charge in [0.15, 0.2) is 17.2 Å². The molecule has 1 aromatic heterocycles. The third-order valence-electron chi connectivity index (χ3n) is 4.56. The summed E-state index contributed by atoms with van der Waals surface area (Å²) in [6.07, 6.45) is -2.15. The Morgan fingerprint density at radius 3 is 2.39 bits per heavy atom. The minimum Gasteiger partial charge on any atom is -0.317 e. The highest BCUT2D eigenvalue weighted by Gasteiger charge is 2.56. The maximum atomic E-state index is 14.2. The molecule has 0 saturated carbocycles. The molecular weight excluding hydrogens is 418 g/mol. The van der Waals surface area contributed by atoms with E-state index < -0.39 is 42.0 Å². The molecule has 1 atom stereocenters. The van der Waals surface area contributed by atoms with Crippen LogP contribution < -0.4 is 4.90 Å². The summed E-state index contributed by atoms with van der Waals surface area (Å²) >= 11 is 11.5. The maximum absolute atomic E-state index is 14.2. The SMILES string of the molecule is C[C@]1(C(F)F)C(=O)N(c2ncc(Cl)cc2F)CC(=O)N1Cc1ccc(Cl)cc1. The van der Waals surface area contributed by atoms with E-state index in [0.29, 0.717) is 15.5 Å². The third-order valence-corrected chi connectivity index (χ3v) is 5.01. The molecule has 0 aliphatic carbocycles. The number of hydrogen-bond donors (Lipinski definition) is 0. The molecule has 148 valence electrons. The number of piperazine rings is 1. The Morgan fingerprint density at radius 2 is 1.82 bits per heavy atom. The van der Waals surface area contributed by atoms with Crippen molar-refractivity contribution in [3.63, 3.8) is 0 Å². The summed E-state index contributed by atoms with van der Waals surface area (Å²) in [7, 11) is 0. The van der Waals surface area contributed by atoms with Gasteiger partial charge in [0, 0.05) is 17.8 Å². The molecule has 1 fully saturated rings. The monoisotopic (exact) mass is 431 g/mol. The molecule has 2 aromatic rings. The first-order valence-corrected chi connectivity index (χ1v) is 8.86. The molecule has 3 rings (SSSR count). The zero-order valence-electron chi connectivity index (χ0n) is 14.5. The zero-order chi connectivity index (χ0) is 20.6. The fraction of sp³-hybridized carbons (Fsp3) is 0.278. The van der Waals surface area contributed by atoms with Gasteiger partial charge in [-0.15, -0.1) is 0 Å². The zero-order valence-corrected chi connectivity index (χ0v) is 16.0.